The molecule has 33 heavy (non-hydrogen) atoms. The number of aromatic nitrogens is 4. The average Bonchev–Trinajstić information content (AvgIpc) is 3.13. The van der Waals surface area contributed by atoms with Crippen LogP contribution in [0.25, 0.3) is 11.0 Å². The van der Waals surface area contributed by atoms with Gasteiger partial charge in [0.25, 0.3) is 5.56 Å². The van der Waals surface area contributed by atoms with Gasteiger partial charge in [0.2, 0.25) is 0 Å². The maximum atomic E-state index is 13.2. The van der Waals surface area contributed by atoms with E-state index in [1.165, 1.54) is 11.6 Å². The summed E-state index contributed by atoms with van der Waals surface area (Å²) >= 11 is -2.06. The molecule has 0 fully saturated rings. The number of nitrogens with zero attached hydrogens (tertiary/aromatic N) is 4. The van der Waals surface area contributed by atoms with Crippen LogP contribution in [0.3, 0.4) is 0 Å². The first-order valence-corrected chi connectivity index (χ1v) is 11.6. The minimum atomic E-state index is -2.06. The van der Waals surface area contributed by atoms with Gasteiger partial charge in [-0.25, -0.2) is 13.7 Å². The third-order valence-electron chi connectivity index (χ3n) is 5.27. The maximum Gasteiger partial charge on any atom is 0.332 e. The Morgan fingerprint density at radius 3 is 2.33 bits per heavy atom. The highest BCUT2D eigenvalue weighted by Gasteiger charge is 2.22. The SMILES string of the molecule is CC(C)Cn1c(=O)n(C)c(=O)c2c(Nc3ccccc3)n(Cc3ccc(S(=O)O)cc3)nc21. The van der Waals surface area contributed by atoms with Gasteiger partial charge < -0.3 is 9.87 Å². The summed E-state index contributed by atoms with van der Waals surface area (Å²) in [6.07, 6.45) is 0. The highest BCUT2D eigenvalue weighted by atomic mass is 32.2. The van der Waals surface area contributed by atoms with Crippen LogP contribution in [-0.2, 0) is 31.2 Å². The van der Waals surface area contributed by atoms with E-state index in [0.717, 1.165) is 15.8 Å². The quantitative estimate of drug-likeness (QED) is 0.404. The Labute approximate surface area is 192 Å². The fourth-order valence-electron chi connectivity index (χ4n) is 3.67. The van der Waals surface area contributed by atoms with Gasteiger partial charge in [0.05, 0.1) is 11.4 Å². The lowest BCUT2D eigenvalue weighted by Crippen LogP contribution is -2.38. The van der Waals surface area contributed by atoms with Crippen LogP contribution >= 0.6 is 0 Å². The number of anilines is 2. The Morgan fingerprint density at radius 2 is 1.73 bits per heavy atom. The van der Waals surface area contributed by atoms with Crippen molar-refractivity contribution in [2.75, 3.05) is 5.32 Å². The Balaban J connectivity index is 1.93. The molecule has 4 aromatic rings. The van der Waals surface area contributed by atoms with Crippen molar-refractivity contribution < 1.29 is 8.76 Å². The third kappa shape index (κ3) is 4.53. The number of rotatable bonds is 7. The fourth-order valence-corrected chi connectivity index (χ4v) is 4.04. The van der Waals surface area contributed by atoms with Crippen molar-refractivity contribution in [1.82, 2.24) is 18.9 Å². The molecule has 0 aliphatic carbocycles. The van der Waals surface area contributed by atoms with Crippen molar-refractivity contribution >= 4 is 33.6 Å². The second kappa shape index (κ2) is 9.16. The number of nitrogens with one attached hydrogen (secondary N) is 1. The van der Waals surface area contributed by atoms with Crippen molar-refractivity contribution in [3.63, 3.8) is 0 Å². The van der Waals surface area contributed by atoms with Crippen LogP contribution in [0.15, 0.2) is 69.1 Å². The summed E-state index contributed by atoms with van der Waals surface area (Å²) in [7, 11) is 1.47. The first-order chi connectivity index (χ1) is 15.8. The number of hydrogen-bond donors (Lipinski definition) is 2. The molecule has 0 saturated carbocycles. The van der Waals surface area contributed by atoms with E-state index in [0.29, 0.717) is 34.8 Å². The maximum absolute atomic E-state index is 13.2. The monoisotopic (exact) mass is 467 g/mol. The first kappa shape index (κ1) is 22.7. The van der Waals surface area contributed by atoms with Gasteiger partial charge in [-0.2, -0.15) is 5.10 Å². The van der Waals surface area contributed by atoms with Crippen LogP contribution in [-0.4, -0.2) is 27.7 Å². The standard InChI is InChI=1S/C23H25N5O4S/c1-15(2)13-27-21-19(22(29)26(3)23(27)30)20(24-17-7-5-4-6-8-17)28(25-21)14-16-9-11-18(12-10-16)33(31)32/h4-12,15,24H,13-14H2,1-3H3,(H,31,32). The van der Waals surface area contributed by atoms with Crippen molar-refractivity contribution in [3.8, 4) is 0 Å². The summed E-state index contributed by atoms with van der Waals surface area (Å²) in [6, 6.07) is 16.0. The van der Waals surface area contributed by atoms with E-state index < -0.39 is 22.3 Å². The lowest BCUT2D eigenvalue weighted by Gasteiger charge is -2.11. The molecule has 0 spiro atoms. The van der Waals surface area contributed by atoms with Gasteiger partial charge in [-0.1, -0.05) is 44.2 Å². The summed E-state index contributed by atoms with van der Waals surface area (Å²) in [5.74, 6) is 0.648. The Morgan fingerprint density at radius 1 is 1.06 bits per heavy atom. The second-order valence-electron chi connectivity index (χ2n) is 8.24. The van der Waals surface area contributed by atoms with Crippen molar-refractivity contribution in [2.45, 2.75) is 31.8 Å². The van der Waals surface area contributed by atoms with Gasteiger partial charge in [0.1, 0.15) is 11.2 Å². The zero-order valence-electron chi connectivity index (χ0n) is 18.6. The topological polar surface area (TPSA) is 111 Å². The summed E-state index contributed by atoms with van der Waals surface area (Å²) in [5, 5.41) is 8.30. The second-order valence-corrected chi connectivity index (χ2v) is 9.21. The normalized spacial score (nSPS) is 12.4. The van der Waals surface area contributed by atoms with Crippen LogP contribution in [0.5, 0.6) is 0 Å². The number of hydrogen-bond acceptors (Lipinski definition) is 5. The smallest absolute Gasteiger partial charge is 0.332 e. The van der Waals surface area contributed by atoms with E-state index in [9.17, 15) is 18.4 Å². The largest absolute Gasteiger partial charge is 0.340 e. The molecule has 2 heterocycles. The molecule has 9 nitrogen and oxygen atoms in total. The Hall–Kier alpha value is -3.50. The number of benzene rings is 2. The summed E-state index contributed by atoms with van der Waals surface area (Å²) in [5.41, 5.74) is 1.08. The molecule has 1 unspecified atom stereocenters. The lowest BCUT2D eigenvalue weighted by molar-refractivity contribution is 0.498. The van der Waals surface area contributed by atoms with E-state index in [-0.39, 0.29) is 5.92 Å². The van der Waals surface area contributed by atoms with E-state index in [1.807, 2.05) is 44.2 Å². The highest BCUT2D eigenvalue weighted by Crippen LogP contribution is 2.25. The molecular formula is C23H25N5O4S. The molecule has 0 amide bonds. The molecule has 2 N–H and O–H groups in total. The average molecular weight is 468 g/mol. The summed E-state index contributed by atoms with van der Waals surface area (Å²) in [4.78, 5) is 26.4. The van der Waals surface area contributed by atoms with Gasteiger partial charge in [0.15, 0.2) is 16.7 Å². The van der Waals surface area contributed by atoms with Gasteiger partial charge in [0, 0.05) is 19.3 Å². The lowest BCUT2D eigenvalue weighted by atomic mass is 10.2. The molecule has 0 aliphatic heterocycles. The van der Waals surface area contributed by atoms with Crippen molar-refractivity contribution in [3.05, 3.63) is 81.0 Å². The van der Waals surface area contributed by atoms with E-state index in [2.05, 4.69) is 10.4 Å². The number of para-hydroxylation sites is 1. The minimum absolute atomic E-state index is 0.172. The molecule has 172 valence electrons. The highest BCUT2D eigenvalue weighted by molar-refractivity contribution is 7.79. The molecule has 2 aromatic carbocycles. The van der Waals surface area contributed by atoms with Crippen LogP contribution < -0.4 is 16.6 Å². The third-order valence-corrected chi connectivity index (χ3v) is 5.94. The zero-order chi connectivity index (χ0) is 23.7. The first-order valence-electron chi connectivity index (χ1n) is 10.5. The molecule has 1 atom stereocenters. The molecule has 2 aromatic heterocycles. The minimum Gasteiger partial charge on any atom is -0.340 e. The summed E-state index contributed by atoms with van der Waals surface area (Å²) in [6.45, 7) is 4.70. The van der Waals surface area contributed by atoms with Gasteiger partial charge in [-0.05, 0) is 35.7 Å². The Kier molecular flexibility index (Phi) is 6.30. The van der Waals surface area contributed by atoms with E-state index in [1.54, 1.807) is 28.9 Å². The van der Waals surface area contributed by atoms with Gasteiger partial charge in [-0.3, -0.25) is 13.9 Å². The van der Waals surface area contributed by atoms with E-state index in [4.69, 9.17) is 0 Å². The molecule has 0 bridgehead atoms. The molecule has 10 heteroatoms. The van der Waals surface area contributed by atoms with Crippen LogP contribution in [0.2, 0.25) is 0 Å². The zero-order valence-corrected chi connectivity index (χ0v) is 19.4. The summed E-state index contributed by atoms with van der Waals surface area (Å²) < 4.78 is 24.9. The van der Waals surface area contributed by atoms with Crippen molar-refractivity contribution in [2.24, 2.45) is 13.0 Å². The van der Waals surface area contributed by atoms with E-state index >= 15 is 0 Å². The molecular weight excluding hydrogens is 442 g/mol. The molecule has 0 aliphatic rings. The van der Waals surface area contributed by atoms with Crippen LogP contribution in [0, 0.1) is 5.92 Å². The fraction of sp³-hybridized carbons (Fsp3) is 0.261. The van der Waals surface area contributed by atoms with Gasteiger partial charge in [-0.15, -0.1) is 0 Å². The van der Waals surface area contributed by atoms with Gasteiger partial charge >= 0.3 is 5.69 Å². The predicted octanol–water partition coefficient (Wildman–Crippen LogP) is 2.93. The molecule has 0 radical (unpaired) electrons. The van der Waals surface area contributed by atoms with Crippen LogP contribution in [0.4, 0.5) is 11.5 Å². The molecule has 4 rings (SSSR count). The molecule has 0 saturated heterocycles. The van der Waals surface area contributed by atoms with Crippen LogP contribution in [0.1, 0.15) is 19.4 Å². The van der Waals surface area contributed by atoms with Crippen molar-refractivity contribution in [1.29, 1.82) is 0 Å². The number of fused-ring (bicyclic) bond motifs is 1. The Bertz CT molecular complexity index is 1440. The predicted molar refractivity (Wildman–Crippen MR) is 128 cm³/mol.